The molecule has 184 valence electrons. The van der Waals surface area contributed by atoms with Crippen LogP contribution in [0.15, 0.2) is 138 Å². The maximum absolute atomic E-state index is 6.11. The number of hydrogen-bond donors (Lipinski definition) is 0. The van der Waals surface area contributed by atoms with Gasteiger partial charge in [-0.1, -0.05) is 48.5 Å². The number of rotatable bonds is 4. The minimum absolute atomic E-state index is 0.620. The molecule has 8 aromatic rings. The molecule has 0 N–H and O–H groups in total. The molecule has 0 unspecified atom stereocenters. The Morgan fingerprint density at radius 3 is 2.36 bits per heavy atom. The smallest absolute Gasteiger partial charge is 0.227 e. The monoisotopic (exact) mass is 502 g/mol. The first kappa shape index (κ1) is 21.6. The Morgan fingerprint density at radius 2 is 1.44 bits per heavy atom. The molecule has 0 radical (unpaired) electrons. The van der Waals surface area contributed by atoms with Crippen molar-refractivity contribution in [1.29, 1.82) is 0 Å². The van der Waals surface area contributed by atoms with Crippen molar-refractivity contribution in [2.75, 3.05) is 0 Å². The van der Waals surface area contributed by atoms with Crippen molar-refractivity contribution in [3.05, 3.63) is 134 Å². The van der Waals surface area contributed by atoms with E-state index in [-0.39, 0.29) is 0 Å². The summed E-state index contributed by atoms with van der Waals surface area (Å²) in [5.74, 6) is 0.620. The zero-order valence-corrected chi connectivity index (χ0v) is 20.9. The topological polar surface area (TPSA) is 48.8 Å². The van der Waals surface area contributed by atoms with Crippen LogP contribution in [0.25, 0.3) is 67.0 Å². The second-order valence-electron chi connectivity index (χ2n) is 9.61. The van der Waals surface area contributed by atoms with Crippen molar-refractivity contribution < 1.29 is 4.42 Å². The molecule has 8 rings (SSSR count). The number of fused-ring (bicyclic) bond motifs is 4. The maximum atomic E-state index is 6.11. The molecule has 0 atom stereocenters. The lowest BCUT2D eigenvalue weighted by Crippen LogP contribution is -1.96. The van der Waals surface area contributed by atoms with Crippen LogP contribution in [0.2, 0.25) is 0 Å². The minimum Gasteiger partial charge on any atom is -0.436 e. The molecule has 39 heavy (non-hydrogen) atoms. The third-order valence-corrected chi connectivity index (χ3v) is 7.26. The van der Waals surface area contributed by atoms with E-state index < -0.39 is 0 Å². The zero-order chi connectivity index (χ0) is 25.8. The van der Waals surface area contributed by atoms with Crippen LogP contribution >= 0.6 is 0 Å². The van der Waals surface area contributed by atoms with Gasteiger partial charge in [-0.2, -0.15) is 0 Å². The zero-order valence-electron chi connectivity index (χ0n) is 20.9. The summed E-state index contributed by atoms with van der Waals surface area (Å²) in [6.45, 7) is 0. The van der Waals surface area contributed by atoms with Gasteiger partial charge in [0, 0.05) is 51.9 Å². The van der Waals surface area contributed by atoms with Gasteiger partial charge in [-0.15, -0.1) is 0 Å². The van der Waals surface area contributed by atoms with Gasteiger partial charge < -0.3 is 13.6 Å². The molecule has 4 aromatic heterocycles. The fourth-order valence-corrected chi connectivity index (χ4v) is 5.43. The van der Waals surface area contributed by atoms with E-state index in [4.69, 9.17) is 14.4 Å². The van der Waals surface area contributed by atoms with E-state index >= 15 is 0 Å². The van der Waals surface area contributed by atoms with Gasteiger partial charge in [-0.05, 0) is 66.7 Å². The van der Waals surface area contributed by atoms with E-state index in [1.54, 1.807) is 0 Å². The number of oxazole rings is 1. The molecule has 0 aliphatic heterocycles. The molecule has 0 bridgehead atoms. The molecule has 5 heteroatoms. The number of benzene rings is 4. The molecule has 0 saturated carbocycles. The highest BCUT2D eigenvalue weighted by Crippen LogP contribution is 2.36. The lowest BCUT2D eigenvalue weighted by atomic mass is 10.1. The molecule has 0 fully saturated rings. The molecule has 0 spiro atoms. The Labute approximate surface area is 224 Å². The Hall–Kier alpha value is -5.42. The first-order valence-electron chi connectivity index (χ1n) is 12.9. The summed E-state index contributed by atoms with van der Waals surface area (Å²) >= 11 is 0. The molecule has 4 heterocycles. The van der Waals surface area contributed by atoms with Gasteiger partial charge in [-0.3, -0.25) is 4.98 Å². The van der Waals surface area contributed by atoms with Gasteiger partial charge in [0.1, 0.15) is 5.52 Å². The van der Waals surface area contributed by atoms with Crippen LogP contribution < -0.4 is 0 Å². The van der Waals surface area contributed by atoms with Crippen LogP contribution in [-0.4, -0.2) is 19.1 Å². The highest BCUT2D eigenvalue weighted by atomic mass is 16.3. The first-order valence-corrected chi connectivity index (χ1v) is 12.9. The van der Waals surface area contributed by atoms with Crippen LogP contribution in [0.5, 0.6) is 0 Å². The van der Waals surface area contributed by atoms with Gasteiger partial charge in [0.05, 0.1) is 16.7 Å². The summed E-state index contributed by atoms with van der Waals surface area (Å²) in [7, 11) is 0. The molecule has 0 saturated heterocycles. The number of para-hydroxylation sites is 3. The van der Waals surface area contributed by atoms with Gasteiger partial charge in [0.25, 0.3) is 0 Å². The lowest BCUT2D eigenvalue weighted by molar-refractivity contribution is 0.620. The number of aromatic nitrogens is 4. The van der Waals surface area contributed by atoms with Crippen LogP contribution in [0, 0.1) is 0 Å². The molecular formula is C34H22N4O. The van der Waals surface area contributed by atoms with E-state index in [9.17, 15) is 0 Å². The summed E-state index contributed by atoms with van der Waals surface area (Å²) in [6.07, 6.45) is 5.95. The highest BCUT2D eigenvalue weighted by Gasteiger charge is 2.16. The highest BCUT2D eigenvalue weighted by molar-refractivity contribution is 6.10. The molecule has 4 aromatic carbocycles. The van der Waals surface area contributed by atoms with E-state index in [1.807, 2.05) is 61.1 Å². The van der Waals surface area contributed by atoms with Gasteiger partial charge in [-0.25, -0.2) is 4.98 Å². The Bertz CT molecular complexity index is 2100. The SMILES string of the molecule is c1cc(-c2cc(-n3cccc3)ccn2)cc(-n2c3ccccc3c3ccc(-c4nc5ccccc5o4)cc32)c1. The van der Waals surface area contributed by atoms with E-state index in [0.717, 1.165) is 50.3 Å². The molecular weight excluding hydrogens is 480 g/mol. The van der Waals surface area contributed by atoms with Crippen molar-refractivity contribution in [2.24, 2.45) is 0 Å². The standard InChI is InChI=1S/C34H22N4O/c1-3-12-31-27(10-1)28-15-14-24(34-36-29-11-2-4-13-33(29)39-34)21-32(28)38(31)26-9-7-8-23(20-26)30-22-25(16-17-35-30)37-18-5-6-19-37/h1-22H. The number of hydrogen-bond acceptors (Lipinski definition) is 3. The summed E-state index contributed by atoms with van der Waals surface area (Å²) in [5.41, 5.74) is 8.97. The number of pyridine rings is 1. The van der Waals surface area contributed by atoms with Gasteiger partial charge in [0.15, 0.2) is 5.58 Å². The Morgan fingerprint density at radius 1 is 0.590 bits per heavy atom. The van der Waals surface area contributed by atoms with Crippen LogP contribution in [-0.2, 0) is 0 Å². The summed E-state index contributed by atoms with van der Waals surface area (Å²) in [4.78, 5) is 9.44. The number of nitrogens with zero attached hydrogens (tertiary/aromatic N) is 4. The quantitative estimate of drug-likeness (QED) is 0.243. The fourth-order valence-electron chi connectivity index (χ4n) is 5.43. The summed E-state index contributed by atoms with van der Waals surface area (Å²) < 4.78 is 10.5. The second-order valence-corrected chi connectivity index (χ2v) is 9.61. The fraction of sp³-hybridized carbons (Fsp3) is 0. The van der Waals surface area contributed by atoms with Crippen LogP contribution in [0.3, 0.4) is 0 Å². The molecule has 0 aliphatic rings. The molecule has 0 amide bonds. The third-order valence-electron chi connectivity index (χ3n) is 7.26. The van der Waals surface area contributed by atoms with E-state index in [1.165, 1.54) is 10.8 Å². The van der Waals surface area contributed by atoms with Crippen LogP contribution in [0.1, 0.15) is 0 Å². The van der Waals surface area contributed by atoms with Crippen molar-refractivity contribution in [3.8, 4) is 34.1 Å². The normalized spacial score (nSPS) is 11.6. The maximum Gasteiger partial charge on any atom is 0.227 e. The first-order chi connectivity index (χ1) is 19.3. The van der Waals surface area contributed by atoms with Crippen LogP contribution in [0.4, 0.5) is 0 Å². The summed E-state index contributed by atoms with van der Waals surface area (Å²) in [6, 6.07) is 39.6. The summed E-state index contributed by atoms with van der Waals surface area (Å²) in [5, 5.41) is 2.39. The predicted molar refractivity (Wildman–Crippen MR) is 156 cm³/mol. The lowest BCUT2D eigenvalue weighted by Gasteiger charge is -2.11. The van der Waals surface area contributed by atoms with Crippen molar-refractivity contribution in [2.45, 2.75) is 0 Å². The van der Waals surface area contributed by atoms with Crippen molar-refractivity contribution in [3.63, 3.8) is 0 Å². The molecule has 0 aliphatic carbocycles. The average molecular weight is 503 g/mol. The largest absolute Gasteiger partial charge is 0.436 e. The second kappa shape index (κ2) is 8.57. The molecule has 5 nitrogen and oxygen atoms in total. The van der Waals surface area contributed by atoms with Gasteiger partial charge >= 0.3 is 0 Å². The Balaban J connectivity index is 1.31. The van der Waals surface area contributed by atoms with Crippen molar-refractivity contribution >= 4 is 32.9 Å². The minimum atomic E-state index is 0.620. The predicted octanol–water partition coefficient (Wildman–Crippen LogP) is 8.44. The third kappa shape index (κ3) is 3.55. The van der Waals surface area contributed by atoms with Crippen molar-refractivity contribution in [1.82, 2.24) is 19.1 Å². The Kier molecular flexibility index (Phi) is 4.76. The average Bonchev–Trinajstić information content (AvgIpc) is 3.75. The van der Waals surface area contributed by atoms with E-state index in [0.29, 0.717) is 5.89 Å². The van der Waals surface area contributed by atoms with Gasteiger partial charge in [0.2, 0.25) is 5.89 Å². The van der Waals surface area contributed by atoms with E-state index in [2.05, 4.69) is 81.9 Å².